The summed E-state index contributed by atoms with van der Waals surface area (Å²) >= 11 is 0. The molecule has 2 atom stereocenters. The maximum absolute atomic E-state index is 4.37. The average Bonchev–Trinajstić information content (AvgIpc) is 2.57. The number of hydrogen-bond donors (Lipinski definition) is 2. The summed E-state index contributed by atoms with van der Waals surface area (Å²) in [6.45, 7) is 10.0. The number of likely N-dealkylation sites (tertiary alicyclic amines) is 1. The first-order chi connectivity index (χ1) is 11.6. The lowest BCUT2D eigenvalue weighted by molar-refractivity contribution is 0.134. The van der Waals surface area contributed by atoms with Gasteiger partial charge in [-0.2, -0.15) is 0 Å². The predicted octanol–water partition coefficient (Wildman–Crippen LogP) is 3.87. The van der Waals surface area contributed by atoms with Gasteiger partial charge in [0.2, 0.25) is 0 Å². The van der Waals surface area contributed by atoms with E-state index in [-0.39, 0.29) is 24.0 Å². The lowest BCUT2D eigenvalue weighted by Crippen LogP contribution is -2.51. The smallest absolute Gasteiger partial charge is 0.191 e. The zero-order chi connectivity index (χ0) is 17.4. The van der Waals surface area contributed by atoms with Gasteiger partial charge in [-0.25, -0.2) is 0 Å². The second kappa shape index (κ2) is 11.7. The third-order valence-electron chi connectivity index (χ3n) is 4.82. The Morgan fingerprint density at radius 3 is 2.60 bits per heavy atom. The maximum Gasteiger partial charge on any atom is 0.191 e. The summed E-state index contributed by atoms with van der Waals surface area (Å²) in [5, 5.41) is 7.05. The molecule has 142 valence electrons. The van der Waals surface area contributed by atoms with Crippen LogP contribution in [0.3, 0.4) is 0 Å². The van der Waals surface area contributed by atoms with Crippen LogP contribution < -0.4 is 10.6 Å². The van der Waals surface area contributed by atoms with Crippen molar-refractivity contribution in [2.75, 3.05) is 20.1 Å². The van der Waals surface area contributed by atoms with Gasteiger partial charge in [-0.1, -0.05) is 44.2 Å². The van der Waals surface area contributed by atoms with E-state index in [9.17, 15) is 0 Å². The Hall–Kier alpha value is -0.820. The van der Waals surface area contributed by atoms with Crippen LogP contribution in [0, 0.1) is 5.92 Å². The number of hydrogen-bond acceptors (Lipinski definition) is 2. The molecular formula is C20H35IN4. The van der Waals surface area contributed by atoms with Crippen molar-refractivity contribution in [3.8, 4) is 0 Å². The van der Waals surface area contributed by atoms with E-state index in [1.165, 1.54) is 18.4 Å². The van der Waals surface area contributed by atoms with E-state index in [0.717, 1.165) is 37.9 Å². The lowest BCUT2D eigenvalue weighted by atomic mass is 9.97. The normalized spacial score (nSPS) is 21.7. The second-order valence-electron chi connectivity index (χ2n) is 7.35. The molecule has 0 aliphatic carbocycles. The Balaban J connectivity index is 0.00000312. The van der Waals surface area contributed by atoms with E-state index >= 15 is 0 Å². The third kappa shape index (κ3) is 7.94. The molecule has 1 aliphatic rings. The zero-order valence-electron chi connectivity index (χ0n) is 16.2. The third-order valence-corrected chi connectivity index (χ3v) is 4.82. The van der Waals surface area contributed by atoms with Gasteiger partial charge in [-0.3, -0.25) is 9.89 Å². The van der Waals surface area contributed by atoms with Crippen LogP contribution >= 0.6 is 24.0 Å². The van der Waals surface area contributed by atoms with Crippen molar-refractivity contribution in [1.29, 1.82) is 0 Å². The van der Waals surface area contributed by atoms with Crippen LogP contribution in [0.15, 0.2) is 35.3 Å². The minimum atomic E-state index is 0. The van der Waals surface area contributed by atoms with E-state index in [4.69, 9.17) is 0 Å². The molecule has 1 fully saturated rings. The van der Waals surface area contributed by atoms with Gasteiger partial charge >= 0.3 is 0 Å². The first-order valence-corrected chi connectivity index (χ1v) is 9.33. The SMILES string of the molecule is CN=C(NCCC(C)C)NC1CCN(Cc2ccccc2)C(C)C1.I. The molecule has 1 heterocycles. The Bertz CT molecular complexity index is 504. The van der Waals surface area contributed by atoms with Crippen molar-refractivity contribution in [1.82, 2.24) is 15.5 Å². The predicted molar refractivity (Wildman–Crippen MR) is 119 cm³/mol. The van der Waals surface area contributed by atoms with Gasteiger partial charge in [0.15, 0.2) is 5.96 Å². The largest absolute Gasteiger partial charge is 0.356 e. The molecule has 1 aliphatic heterocycles. The first kappa shape index (κ1) is 22.2. The van der Waals surface area contributed by atoms with Crippen molar-refractivity contribution < 1.29 is 0 Å². The van der Waals surface area contributed by atoms with E-state index < -0.39 is 0 Å². The number of halogens is 1. The van der Waals surface area contributed by atoms with Gasteiger partial charge < -0.3 is 10.6 Å². The summed E-state index contributed by atoms with van der Waals surface area (Å²) in [5.41, 5.74) is 1.40. The summed E-state index contributed by atoms with van der Waals surface area (Å²) in [4.78, 5) is 6.96. The van der Waals surface area contributed by atoms with E-state index in [2.05, 4.69) is 71.6 Å². The quantitative estimate of drug-likeness (QED) is 0.386. The Morgan fingerprint density at radius 1 is 1.28 bits per heavy atom. The van der Waals surface area contributed by atoms with Crippen LogP contribution in [-0.4, -0.2) is 43.1 Å². The fraction of sp³-hybridized carbons (Fsp3) is 0.650. The van der Waals surface area contributed by atoms with Crippen LogP contribution in [0.2, 0.25) is 0 Å². The van der Waals surface area contributed by atoms with Crippen LogP contribution in [-0.2, 0) is 6.54 Å². The minimum Gasteiger partial charge on any atom is -0.356 e. The molecule has 0 aromatic heterocycles. The fourth-order valence-corrected chi connectivity index (χ4v) is 3.27. The summed E-state index contributed by atoms with van der Waals surface area (Å²) in [6, 6.07) is 11.9. The molecule has 2 rings (SSSR count). The molecule has 0 amide bonds. The van der Waals surface area contributed by atoms with E-state index in [1.54, 1.807) is 0 Å². The molecule has 4 nitrogen and oxygen atoms in total. The molecule has 0 saturated carbocycles. The van der Waals surface area contributed by atoms with Gasteiger partial charge in [0.25, 0.3) is 0 Å². The first-order valence-electron chi connectivity index (χ1n) is 9.33. The fourth-order valence-electron chi connectivity index (χ4n) is 3.27. The monoisotopic (exact) mass is 458 g/mol. The number of aliphatic imine (C=N–C) groups is 1. The highest BCUT2D eigenvalue weighted by Gasteiger charge is 2.25. The molecule has 2 unspecified atom stereocenters. The van der Waals surface area contributed by atoms with Crippen molar-refractivity contribution in [2.45, 2.75) is 58.7 Å². The van der Waals surface area contributed by atoms with Crippen LogP contribution in [0.1, 0.15) is 45.6 Å². The highest BCUT2D eigenvalue weighted by molar-refractivity contribution is 14.0. The lowest BCUT2D eigenvalue weighted by Gasteiger charge is -2.38. The minimum absolute atomic E-state index is 0. The Morgan fingerprint density at radius 2 is 2.00 bits per heavy atom. The second-order valence-corrected chi connectivity index (χ2v) is 7.35. The zero-order valence-corrected chi connectivity index (χ0v) is 18.5. The standard InChI is InChI=1S/C20H34N4.HI/c1-16(2)10-12-22-20(21-4)23-19-11-13-24(17(3)14-19)15-18-8-6-5-7-9-18;/h5-9,16-17,19H,10-15H2,1-4H3,(H2,21,22,23);1H. The van der Waals surface area contributed by atoms with Gasteiger partial charge in [0.1, 0.15) is 0 Å². The average molecular weight is 458 g/mol. The number of rotatable bonds is 6. The highest BCUT2D eigenvalue weighted by Crippen LogP contribution is 2.19. The van der Waals surface area contributed by atoms with Crippen molar-refractivity contribution in [3.05, 3.63) is 35.9 Å². The molecule has 0 spiro atoms. The van der Waals surface area contributed by atoms with Crippen molar-refractivity contribution in [3.63, 3.8) is 0 Å². The summed E-state index contributed by atoms with van der Waals surface area (Å²) in [6.07, 6.45) is 3.51. The Kier molecular flexibility index (Phi) is 10.4. The molecule has 1 aromatic rings. The summed E-state index contributed by atoms with van der Waals surface area (Å²) in [5.74, 6) is 1.67. The van der Waals surface area contributed by atoms with Gasteiger partial charge in [-0.15, -0.1) is 24.0 Å². The molecule has 0 bridgehead atoms. The van der Waals surface area contributed by atoms with E-state index in [1.807, 2.05) is 7.05 Å². The summed E-state index contributed by atoms with van der Waals surface area (Å²) in [7, 11) is 1.86. The number of guanidine groups is 1. The maximum atomic E-state index is 4.37. The molecular weight excluding hydrogens is 423 g/mol. The van der Waals surface area contributed by atoms with Gasteiger partial charge in [0, 0.05) is 38.8 Å². The topological polar surface area (TPSA) is 39.7 Å². The number of nitrogens with zero attached hydrogens (tertiary/aromatic N) is 2. The van der Waals surface area contributed by atoms with Crippen LogP contribution in [0.25, 0.3) is 0 Å². The molecule has 0 radical (unpaired) electrons. The van der Waals surface area contributed by atoms with Crippen LogP contribution in [0.4, 0.5) is 0 Å². The molecule has 2 N–H and O–H groups in total. The van der Waals surface area contributed by atoms with Crippen molar-refractivity contribution in [2.24, 2.45) is 10.9 Å². The van der Waals surface area contributed by atoms with E-state index in [0.29, 0.717) is 12.1 Å². The highest BCUT2D eigenvalue weighted by atomic mass is 127. The van der Waals surface area contributed by atoms with Gasteiger partial charge in [0.05, 0.1) is 0 Å². The summed E-state index contributed by atoms with van der Waals surface area (Å²) < 4.78 is 0. The van der Waals surface area contributed by atoms with Gasteiger partial charge in [-0.05, 0) is 37.7 Å². The van der Waals surface area contributed by atoms with Crippen molar-refractivity contribution >= 4 is 29.9 Å². The number of piperidine rings is 1. The molecule has 1 saturated heterocycles. The molecule has 1 aromatic carbocycles. The Labute approximate surface area is 170 Å². The number of benzene rings is 1. The number of nitrogens with one attached hydrogen (secondary N) is 2. The van der Waals surface area contributed by atoms with Crippen LogP contribution in [0.5, 0.6) is 0 Å². The molecule has 25 heavy (non-hydrogen) atoms. The molecule has 5 heteroatoms.